The molecular weight excluding hydrogens is 316 g/mol. The first kappa shape index (κ1) is 19.2. The molecule has 1 heterocycles. The SMILES string of the molecule is COC(CN)CC(=O)NCc1cccc(Cn2cccn2)c1.Cl. The van der Waals surface area contributed by atoms with E-state index in [0.717, 1.165) is 11.1 Å². The number of amides is 1. The highest BCUT2D eigenvalue weighted by molar-refractivity contribution is 5.85. The zero-order valence-electron chi connectivity index (χ0n) is 13.1. The third-order valence-corrected chi connectivity index (χ3v) is 3.39. The van der Waals surface area contributed by atoms with Crippen LogP contribution in [0.3, 0.4) is 0 Å². The van der Waals surface area contributed by atoms with E-state index in [9.17, 15) is 4.79 Å². The van der Waals surface area contributed by atoms with Gasteiger partial charge < -0.3 is 15.8 Å². The third kappa shape index (κ3) is 6.40. The van der Waals surface area contributed by atoms with Gasteiger partial charge in [0.2, 0.25) is 5.91 Å². The number of ether oxygens (including phenoxy) is 1. The molecular formula is C16H23ClN4O2. The Kier molecular flexibility index (Phi) is 8.32. The van der Waals surface area contributed by atoms with Gasteiger partial charge in [0.15, 0.2) is 0 Å². The van der Waals surface area contributed by atoms with Gasteiger partial charge in [-0.05, 0) is 17.2 Å². The van der Waals surface area contributed by atoms with Crippen molar-refractivity contribution in [3.8, 4) is 0 Å². The van der Waals surface area contributed by atoms with Gasteiger partial charge in [0.05, 0.1) is 19.1 Å². The summed E-state index contributed by atoms with van der Waals surface area (Å²) in [7, 11) is 1.56. The number of aromatic nitrogens is 2. The maximum Gasteiger partial charge on any atom is 0.222 e. The van der Waals surface area contributed by atoms with Crippen molar-refractivity contribution in [3.05, 3.63) is 53.9 Å². The van der Waals surface area contributed by atoms with E-state index in [2.05, 4.69) is 16.5 Å². The van der Waals surface area contributed by atoms with Gasteiger partial charge in [-0.2, -0.15) is 5.10 Å². The summed E-state index contributed by atoms with van der Waals surface area (Å²) in [5.41, 5.74) is 7.71. The molecule has 2 aromatic rings. The lowest BCUT2D eigenvalue weighted by molar-refractivity contribution is -0.123. The molecule has 0 aliphatic rings. The summed E-state index contributed by atoms with van der Waals surface area (Å²) in [5, 5.41) is 7.08. The summed E-state index contributed by atoms with van der Waals surface area (Å²) in [6, 6.07) is 9.98. The van der Waals surface area contributed by atoms with Gasteiger partial charge >= 0.3 is 0 Å². The first-order valence-corrected chi connectivity index (χ1v) is 7.26. The van der Waals surface area contributed by atoms with Crippen LogP contribution in [0.15, 0.2) is 42.7 Å². The van der Waals surface area contributed by atoms with Gasteiger partial charge in [0, 0.05) is 32.6 Å². The van der Waals surface area contributed by atoms with Crippen molar-refractivity contribution in [2.24, 2.45) is 5.73 Å². The Bertz CT molecular complexity index is 586. The number of nitrogens with zero attached hydrogens (tertiary/aromatic N) is 2. The highest BCUT2D eigenvalue weighted by atomic mass is 35.5. The average Bonchev–Trinajstić information content (AvgIpc) is 3.04. The summed E-state index contributed by atoms with van der Waals surface area (Å²) < 4.78 is 6.97. The molecule has 0 saturated carbocycles. The molecule has 0 bridgehead atoms. The summed E-state index contributed by atoms with van der Waals surface area (Å²) in [4.78, 5) is 11.8. The van der Waals surface area contributed by atoms with E-state index < -0.39 is 0 Å². The highest BCUT2D eigenvalue weighted by Crippen LogP contribution is 2.07. The predicted octanol–water partition coefficient (Wildman–Crippen LogP) is 1.33. The van der Waals surface area contributed by atoms with Crippen LogP contribution in [0, 0.1) is 0 Å². The molecule has 3 N–H and O–H groups in total. The van der Waals surface area contributed by atoms with Gasteiger partial charge in [-0.1, -0.05) is 24.3 Å². The number of hydrogen-bond donors (Lipinski definition) is 2. The van der Waals surface area contributed by atoms with Crippen LogP contribution in [0.5, 0.6) is 0 Å². The second-order valence-electron chi connectivity index (χ2n) is 5.10. The van der Waals surface area contributed by atoms with Crippen molar-refractivity contribution in [3.63, 3.8) is 0 Å². The minimum atomic E-state index is -0.230. The standard InChI is InChI=1S/C16H22N4O2.ClH/c1-22-15(10-17)9-16(21)18-11-13-4-2-5-14(8-13)12-20-7-3-6-19-20;/h2-8,15H,9-12,17H2,1H3,(H,18,21);1H. The number of rotatable bonds is 8. The lowest BCUT2D eigenvalue weighted by atomic mass is 10.1. The Morgan fingerprint density at radius 3 is 2.83 bits per heavy atom. The molecule has 0 saturated heterocycles. The fraction of sp³-hybridized carbons (Fsp3) is 0.375. The van der Waals surface area contributed by atoms with Crippen LogP contribution in [0.4, 0.5) is 0 Å². The van der Waals surface area contributed by atoms with Crippen LogP contribution in [0.25, 0.3) is 0 Å². The maximum absolute atomic E-state index is 11.8. The van der Waals surface area contributed by atoms with Crippen molar-refractivity contribution >= 4 is 18.3 Å². The summed E-state index contributed by atoms with van der Waals surface area (Å²) >= 11 is 0. The minimum absolute atomic E-state index is 0. The molecule has 126 valence electrons. The second-order valence-corrected chi connectivity index (χ2v) is 5.10. The number of nitrogens with two attached hydrogens (primary N) is 1. The summed E-state index contributed by atoms with van der Waals surface area (Å²) in [5.74, 6) is -0.0604. The van der Waals surface area contributed by atoms with Crippen LogP contribution < -0.4 is 11.1 Å². The van der Waals surface area contributed by atoms with E-state index in [1.54, 1.807) is 13.3 Å². The lowest BCUT2D eigenvalue weighted by Gasteiger charge is -2.13. The number of methoxy groups -OCH3 is 1. The topological polar surface area (TPSA) is 82.2 Å². The van der Waals surface area contributed by atoms with Crippen LogP contribution in [0.1, 0.15) is 17.5 Å². The average molecular weight is 339 g/mol. The van der Waals surface area contributed by atoms with Gasteiger partial charge in [0.25, 0.3) is 0 Å². The van der Waals surface area contributed by atoms with E-state index in [1.165, 1.54) is 0 Å². The Morgan fingerprint density at radius 1 is 1.39 bits per heavy atom. The molecule has 1 amide bonds. The lowest BCUT2D eigenvalue weighted by Crippen LogP contribution is -2.31. The predicted molar refractivity (Wildman–Crippen MR) is 91.3 cm³/mol. The molecule has 1 aromatic carbocycles. The molecule has 0 aliphatic heterocycles. The molecule has 7 heteroatoms. The van der Waals surface area contributed by atoms with Crippen molar-refractivity contribution in [1.29, 1.82) is 0 Å². The smallest absolute Gasteiger partial charge is 0.222 e. The fourth-order valence-electron chi connectivity index (χ4n) is 2.16. The summed E-state index contributed by atoms with van der Waals surface area (Å²) in [6.45, 7) is 1.55. The second kappa shape index (κ2) is 9.99. The van der Waals surface area contributed by atoms with E-state index in [1.807, 2.05) is 35.1 Å². The third-order valence-electron chi connectivity index (χ3n) is 3.39. The normalized spacial score (nSPS) is 11.6. The zero-order valence-corrected chi connectivity index (χ0v) is 14.0. The molecule has 1 atom stereocenters. The van der Waals surface area contributed by atoms with Crippen molar-refractivity contribution in [1.82, 2.24) is 15.1 Å². The largest absolute Gasteiger partial charge is 0.380 e. The number of carbonyl (C=O) groups excluding carboxylic acids is 1. The van der Waals surface area contributed by atoms with Crippen LogP contribution in [-0.4, -0.2) is 35.4 Å². The van der Waals surface area contributed by atoms with Crippen molar-refractivity contribution in [2.75, 3.05) is 13.7 Å². The molecule has 2 rings (SSSR count). The zero-order chi connectivity index (χ0) is 15.8. The van der Waals surface area contributed by atoms with Crippen LogP contribution in [0.2, 0.25) is 0 Å². The molecule has 0 fully saturated rings. The molecule has 0 spiro atoms. The van der Waals surface area contributed by atoms with Crippen molar-refractivity contribution < 1.29 is 9.53 Å². The van der Waals surface area contributed by atoms with E-state index in [4.69, 9.17) is 10.5 Å². The number of halogens is 1. The van der Waals surface area contributed by atoms with E-state index in [0.29, 0.717) is 19.6 Å². The molecule has 1 unspecified atom stereocenters. The first-order valence-electron chi connectivity index (χ1n) is 7.26. The fourth-order valence-corrected chi connectivity index (χ4v) is 2.16. The first-order chi connectivity index (χ1) is 10.7. The Morgan fingerprint density at radius 2 is 2.17 bits per heavy atom. The van der Waals surface area contributed by atoms with E-state index >= 15 is 0 Å². The summed E-state index contributed by atoms with van der Waals surface area (Å²) in [6.07, 6.45) is 3.73. The molecule has 0 radical (unpaired) electrons. The quantitative estimate of drug-likeness (QED) is 0.761. The van der Waals surface area contributed by atoms with Gasteiger partial charge in [-0.25, -0.2) is 0 Å². The molecule has 23 heavy (non-hydrogen) atoms. The Labute approximate surface area is 142 Å². The number of hydrogen-bond acceptors (Lipinski definition) is 4. The molecule has 1 aromatic heterocycles. The minimum Gasteiger partial charge on any atom is -0.380 e. The monoisotopic (exact) mass is 338 g/mol. The van der Waals surface area contributed by atoms with Crippen LogP contribution >= 0.6 is 12.4 Å². The van der Waals surface area contributed by atoms with Gasteiger partial charge in [-0.15, -0.1) is 12.4 Å². The van der Waals surface area contributed by atoms with Crippen molar-refractivity contribution in [2.45, 2.75) is 25.6 Å². The Balaban J connectivity index is 0.00000264. The molecule has 0 aliphatic carbocycles. The number of carbonyl (C=O) groups is 1. The number of nitrogens with one attached hydrogen (secondary N) is 1. The van der Waals surface area contributed by atoms with Gasteiger partial charge in [-0.3, -0.25) is 9.48 Å². The maximum atomic E-state index is 11.8. The number of benzene rings is 1. The molecule has 6 nitrogen and oxygen atoms in total. The van der Waals surface area contributed by atoms with Gasteiger partial charge in [0.1, 0.15) is 0 Å². The van der Waals surface area contributed by atoms with E-state index in [-0.39, 0.29) is 30.8 Å². The Hall–Kier alpha value is -1.89. The van der Waals surface area contributed by atoms with Crippen LogP contribution in [-0.2, 0) is 22.6 Å². The highest BCUT2D eigenvalue weighted by Gasteiger charge is 2.10.